The molecule has 4 rings (SSSR count). The number of hydrogen-bond acceptors (Lipinski definition) is 2. The minimum atomic E-state index is 0.126. The minimum absolute atomic E-state index is 0.126. The van der Waals surface area contributed by atoms with Crippen molar-refractivity contribution >= 4 is 5.91 Å². The van der Waals surface area contributed by atoms with E-state index >= 15 is 0 Å². The number of carbonyl (C=O) groups is 1. The Morgan fingerprint density at radius 2 is 1.84 bits per heavy atom. The monoisotopic (exact) mass is 334 g/mol. The largest absolute Gasteiger partial charge is 0.334 e. The molecule has 130 valence electrons. The summed E-state index contributed by atoms with van der Waals surface area (Å²) in [6.45, 7) is 2.82. The van der Waals surface area contributed by atoms with Crippen LogP contribution in [0.25, 0.3) is 0 Å². The van der Waals surface area contributed by atoms with Gasteiger partial charge in [-0.1, -0.05) is 49.2 Å². The number of amides is 1. The molecule has 0 radical (unpaired) electrons. The van der Waals surface area contributed by atoms with E-state index in [0.29, 0.717) is 23.6 Å². The lowest BCUT2D eigenvalue weighted by molar-refractivity contribution is 0.0313. The third-order valence-electron chi connectivity index (χ3n) is 6.08. The number of rotatable bonds is 2. The zero-order valence-corrected chi connectivity index (χ0v) is 14.9. The quantitative estimate of drug-likeness (QED) is 0.805. The van der Waals surface area contributed by atoms with Crippen molar-refractivity contribution in [3.05, 3.63) is 65.5 Å². The van der Waals surface area contributed by atoms with E-state index in [2.05, 4.69) is 40.2 Å². The van der Waals surface area contributed by atoms with E-state index in [-0.39, 0.29) is 5.91 Å². The summed E-state index contributed by atoms with van der Waals surface area (Å²) in [7, 11) is 0. The number of fused-ring (bicyclic) bond motifs is 1. The lowest BCUT2D eigenvalue weighted by Crippen LogP contribution is -2.52. The topological polar surface area (TPSA) is 33.2 Å². The van der Waals surface area contributed by atoms with E-state index in [4.69, 9.17) is 0 Å². The van der Waals surface area contributed by atoms with Crippen LogP contribution in [0.15, 0.2) is 48.7 Å². The molecular formula is C22H26N2O. The second-order valence-electron chi connectivity index (χ2n) is 7.49. The molecular weight excluding hydrogens is 308 g/mol. The van der Waals surface area contributed by atoms with E-state index < -0.39 is 0 Å². The van der Waals surface area contributed by atoms with E-state index in [0.717, 1.165) is 24.9 Å². The first-order chi connectivity index (χ1) is 12.3. The maximum atomic E-state index is 13.2. The minimum Gasteiger partial charge on any atom is -0.334 e. The van der Waals surface area contributed by atoms with Gasteiger partial charge in [-0.15, -0.1) is 0 Å². The van der Waals surface area contributed by atoms with Gasteiger partial charge in [-0.05, 0) is 55.2 Å². The second kappa shape index (κ2) is 6.99. The molecule has 1 aliphatic carbocycles. The standard InChI is InChI=1S/C22H26N2O/c1-16-8-7-14-23-21(16)22(25)24-15-13-18(17-9-3-2-4-10-17)19-11-5-6-12-20(19)24/h2-4,7-10,14,18-20H,5-6,11-13,15H2,1H3/t18-,19-,20-/m1/s1. The molecule has 0 N–H and O–H groups in total. The highest BCUT2D eigenvalue weighted by atomic mass is 16.2. The first-order valence-electron chi connectivity index (χ1n) is 9.53. The smallest absolute Gasteiger partial charge is 0.272 e. The first kappa shape index (κ1) is 16.3. The van der Waals surface area contributed by atoms with E-state index in [9.17, 15) is 4.79 Å². The van der Waals surface area contributed by atoms with Crippen molar-refractivity contribution in [2.75, 3.05) is 6.54 Å². The van der Waals surface area contributed by atoms with E-state index in [1.807, 2.05) is 19.1 Å². The maximum Gasteiger partial charge on any atom is 0.272 e. The summed E-state index contributed by atoms with van der Waals surface area (Å²) in [5.74, 6) is 1.29. The zero-order chi connectivity index (χ0) is 17.2. The van der Waals surface area contributed by atoms with Crippen molar-refractivity contribution in [3.8, 4) is 0 Å². The van der Waals surface area contributed by atoms with Gasteiger partial charge in [0.2, 0.25) is 0 Å². The highest BCUT2D eigenvalue weighted by molar-refractivity contribution is 5.94. The number of carbonyl (C=O) groups excluding carboxylic acids is 1. The summed E-state index contributed by atoms with van der Waals surface area (Å²) in [5, 5.41) is 0. The molecule has 2 heterocycles. The van der Waals surface area contributed by atoms with Gasteiger partial charge in [0.15, 0.2) is 0 Å². The summed E-state index contributed by atoms with van der Waals surface area (Å²) in [6, 6.07) is 15.1. The lowest BCUT2D eigenvalue weighted by Gasteiger charge is -2.48. The highest BCUT2D eigenvalue weighted by Crippen LogP contribution is 2.44. The average molecular weight is 334 g/mol. The van der Waals surface area contributed by atoms with Crippen molar-refractivity contribution in [1.82, 2.24) is 9.88 Å². The summed E-state index contributed by atoms with van der Waals surface area (Å²) >= 11 is 0. The van der Waals surface area contributed by atoms with Crippen LogP contribution in [0.2, 0.25) is 0 Å². The van der Waals surface area contributed by atoms with Crippen molar-refractivity contribution in [1.29, 1.82) is 0 Å². The zero-order valence-electron chi connectivity index (χ0n) is 14.9. The Bertz CT molecular complexity index is 743. The molecule has 1 aromatic carbocycles. The maximum absolute atomic E-state index is 13.2. The molecule has 1 amide bonds. The number of likely N-dealkylation sites (tertiary alicyclic amines) is 1. The Kier molecular flexibility index (Phi) is 4.56. The fourth-order valence-electron chi connectivity index (χ4n) is 4.87. The van der Waals surface area contributed by atoms with Gasteiger partial charge < -0.3 is 4.90 Å². The molecule has 1 aliphatic heterocycles. The molecule has 2 fully saturated rings. The molecule has 3 nitrogen and oxygen atoms in total. The van der Waals surface area contributed by atoms with Gasteiger partial charge in [0.05, 0.1) is 0 Å². The van der Waals surface area contributed by atoms with Crippen LogP contribution in [0.1, 0.15) is 59.6 Å². The van der Waals surface area contributed by atoms with Crippen molar-refractivity contribution in [2.24, 2.45) is 5.92 Å². The van der Waals surface area contributed by atoms with Crippen LogP contribution in [0.5, 0.6) is 0 Å². The van der Waals surface area contributed by atoms with Gasteiger partial charge in [-0.25, -0.2) is 0 Å². The van der Waals surface area contributed by atoms with Crippen molar-refractivity contribution in [3.63, 3.8) is 0 Å². The predicted octanol–water partition coefficient (Wildman–Crippen LogP) is 4.58. The number of pyridine rings is 1. The molecule has 3 heteroatoms. The second-order valence-corrected chi connectivity index (χ2v) is 7.49. The molecule has 0 spiro atoms. The Morgan fingerprint density at radius 1 is 1.04 bits per heavy atom. The lowest BCUT2D eigenvalue weighted by atomic mass is 9.69. The Labute approximate surface area is 150 Å². The molecule has 2 aliphatic rings. The summed E-state index contributed by atoms with van der Waals surface area (Å²) in [6.07, 6.45) is 7.67. The summed E-state index contributed by atoms with van der Waals surface area (Å²) in [4.78, 5) is 19.7. The third kappa shape index (κ3) is 3.08. The van der Waals surface area contributed by atoms with Gasteiger partial charge >= 0.3 is 0 Å². The number of aromatic nitrogens is 1. The van der Waals surface area contributed by atoms with Gasteiger partial charge in [0.25, 0.3) is 5.91 Å². The van der Waals surface area contributed by atoms with Crippen LogP contribution < -0.4 is 0 Å². The van der Waals surface area contributed by atoms with Crippen LogP contribution in [-0.4, -0.2) is 28.4 Å². The number of hydrogen-bond donors (Lipinski definition) is 0. The number of piperidine rings is 1. The number of benzene rings is 1. The van der Waals surface area contributed by atoms with Gasteiger partial charge in [-0.3, -0.25) is 9.78 Å². The van der Waals surface area contributed by atoms with E-state index in [1.165, 1.54) is 24.8 Å². The van der Waals surface area contributed by atoms with Crippen molar-refractivity contribution in [2.45, 2.75) is 51.0 Å². The molecule has 1 aromatic heterocycles. The SMILES string of the molecule is Cc1cccnc1C(=O)N1CC[C@H](c2ccccc2)[C@H]2CCCC[C@H]21. The van der Waals surface area contributed by atoms with Crippen molar-refractivity contribution < 1.29 is 4.79 Å². The van der Waals surface area contributed by atoms with Crippen LogP contribution in [-0.2, 0) is 0 Å². The fraction of sp³-hybridized carbons (Fsp3) is 0.455. The molecule has 1 saturated heterocycles. The molecule has 2 aromatic rings. The van der Waals surface area contributed by atoms with Gasteiger partial charge in [-0.2, -0.15) is 0 Å². The Balaban J connectivity index is 1.62. The first-order valence-corrected chi connectivity index (χ1v) is 9.53. The molecule has 0 bridgehead atoms. The Morgan fingerprint density at radius 3 is 2.64 bits per heavy atom. The number of nitrogens with zero attached hydrogens (tertiary/aromatic N) is 2. The molecule has 1 saturated carbocycles. The van der Waals surface area contributed by atoms with Gasteiger partial charge in [0, 0.05) is 18.8 Å². The molecule has 0 unspecified atom stereocenters. The predicted molar refractivity (Wildman–Crippen MR) is 99.6 cm³/mol. The number of aryl methyl sites for hydroxylation is 1. The molecule has 3 atom stereocenters. The third-order valence-corrected chi connectivity index (χ3v) is 6.08. The summed E-state index contributed by atoms with van der Waals surface area (Å²) < 4.78 is 0. The average Bonchev–Trinajstić information content (AvgIpc) is 2.68. The fourth-order valence-corrected chi connectivity index (χ4v) is 4.87. The normalized spacial score (nSPS) is 26.1. The summed E-state index contributed by atoms with van der Waals surface area (Å²) in [5.41, 5.74) is 3.05. The van der Waals surface area contributed by atoms with Crippen LogP contribution in [0.4, 0.5) is 0 Å². The van der Waals surface area contributed by atoms with E-state index in [1.54, 1.807) is 6.20 Å². The molecule has 25 heavy (non-hydrogen) atoms. The Hall–Kier alpha value is -2.16. The van der Waals surface area contributed by atoms with Crippen LogP contribution in [0, 0.1) is 12.8 Å². The van der Waals surface area contributed by atoms with Crippen LogP contribution >= 0.6 is 0 Å². The van der Waals surface area contributed by atoms with Crippen LogP contribution in [0.3, 0.4) is 0 Å². The van der Waals surface area contributed by atoms with Gasteiger partial charge in [0.1, 0.15) is 5.69 Å². The highest BCUT2D eigenvalue weighted by Gasteiger charge is 2.42.